The predicted molar refractivity (Wildman–Crippen MR) is 24.9 cm³/mol. The van der Waals surface area contributed by atoms with Gasteiger partial charge in [0.05, 0.1) is 0 Å². The van der Waals surface area contributed by atoms with Crippen LogP contribution in [0, 0.1) is 6.92 Å². The van der Waals surface area contributed by atoms with Crippen molar-refractivity contribution in [3.05, 3.63) is 6.92 Å². The molecular weight excluding hydrogens is 165 g/mol. The van der Waals surface area contributed by atoms with Crippen molar-refractivity contribution in [1.82, 2.24) is 0 Å². The van der Waals surface area contributed by atoms with Crippen LogP contribution in [0.2, 0.25) is 0 Å². The van der Waals surface area contributed by atoms with Crippen LogP contribution in [0.1, 0.15) is 19.3 Å². The van der Waals surface area contributed by atoms with Gasteiger partial charge in [-0.25, -0.2) is 0 Å². The number of rotatable bonds is 3. The Kier molecular flexibility index (Phi) is 15.1. The molecule has 0 saturated carbocycles. The van der Waals surface area contributed by atoms with Gasteiger partial charge < -0.3 is 11.7 Å². The van der Waals surface area contributed by atoms with Crippen LogP contribution in [0.25, 0.3) is 0 Å². The predicted octanol–water partition coefficient (Wildman–Crippen LogP) is 1.10. The maximum Gasteiger partial charge on any atom is 0 e. The Labute approximate surface area is 69.7 Å². The second-order valence-corrected chi connectivity index (χ2v) is 1.10. The summed E-state index contributed by atoms with van der Waals surface area (Å²) < 4.78 is 0. The number of hydrogen-bond acceptors (Lipinski definition) is 1. The quantitative estimate of drug-likeness (QED) is 0.461. The Balaban J connectivity index is 0. The minimum atomic E-state index is 0. The van der Waals surface area contributed by atoms with E-state index in [2.05, 4.69) is 6.92 Å². The summed E-state index contributed by atoms with van der Waals surface area (Å²) in [5.74, 6) is 0. The number of hydrogen-bond donors (Lipinski definition) is 0. The summed E-state index contributed by atoms with van der Waals surface area (Å²) in [6.07, 6.45) is 4.04. The Morgan fingerprint density at radius 2 is 2.14 bits per heavy atom. The van der Waals surface area contributed by atoms with Gasteiger partial charge in [0, 0.05) is 32.7 Å². The first-order chi connectivity index (χ1) is 2.91. The zero-order chi connectivity index (χ0) is 4.83. The van der Waals surface area contributed by atoms with Crippen molar-refractivity contribution in [1.29, 1.82) is 0 Å². The van der Waals surface area contributed by atoms with Crippen LogP contribution in [0.4, 0.5) is 0 Å². The first-order valence-electron chi connectivity index (χ1n) is 2.06. The minimum Gasteiger partial charge on any atom is -0.542 e. The Bertz CT molecular complexity index is 37.1. The zero-order valence-electron chi connectivity index (χ0n) is 4.31. The summed E-state index contributed by atoms with van der Waals surface area (Å²) in [5.41, 5.74) is 0. The Morgan fingerprint density at radius 1 is 1.57 bits per heavy atom. The first-order valence-corrected chi connectivity index (χ1v) is 2.06. The molecule has 0 aromatic rings. The molecule has 0 fully saturated rings. The van der Waals surface area contributed by atoms with Crippen molar-refractivity contribution in [2.45, 2.75) is 19.3 Å². The average Bonchev–Trinajstić information content (AvgIpc) is 1.61. The largest absolute Gasteiger partial charge is 0.542 e. The van der Waals surface area contributed by atoms with Gasteiger partial charge in [-0.3, -0.25) is 6.29 Å². The molecule has 1 radical (unpaired) electrons. The molecule has 0 aromatic heterocycles. The number of carbonyl (C=O) groups excluding carboxylic acids is 1. The van der Waals surface area contributed by atoms with E-state index in [4.69, 9.17) is 0 Å². The van der Waals surface area contributed by atoms with Crippen LogP contribution in [0.3, 0.4) is 0 Å². The van der Waals surface area contributed by atoms with E-state index < -0.39 is 0 Å². The standard InChI is InChI=1S/C5H8O.Y/c1-2-3-4-5-6;/h1-4H2;/q-2;. The SMILES string of the molecule is [CH2-]CCC[C-]=O.[Y]. The second-order valence-electron chi connectivity index (χ2n) is 1.10. The zero-order valence-corrected chi connectivity index (χ0v) is 7.15. The van der Waals surface area contributed by atoms with Gasteiger partial charge in [-0.2, -0.15) is 12.8 Å². The molecule has 2 heteroatoms. The topological polar surface area (TPSA) is 17.1 Å². The van der Waals surface area contributed by atoms with Gasteiger partial charge in [0.2, 0.25) is 0 Å². The van der Waals surface area contributed by atoms with Crippen molar-refractivity contribution < 1.29 is 37.5 Å². The summed E-state index contributed by atoms with van der Waals surface area (Å²) in [6.45, 7) is 3.54. The summed E-state index contributed by atoms with van der Waals surface area (Å²) in [7, 11) is 0. The molecule has 7 heavy (non-hydrogen) atoms. The van der Waals surface area contributed by atoms with Gasteiger partial charge in [0.15, 0.2) is 0 Å². The third-order valence-corrected chi connectivity index (χ3v) is 0.529. The fraction of sp³-hybridized carbons (Fsp3) is 0.600. The van der Waals surface area contributed by atoms with E-state index in [1.807, 2.05) is 0 Å². The van der Waals surface area contributed by atoms with Crippen LogP contribution in [-0.4, -0.2) is 6.29 Å². The molecule has 1 nitrogen and oxygen atoms in total. The number of unbranched alkanes of at least 4 members (excludes halogenated alkanes) is 2. The van der Waals surface area contributed by atoms with E-state index in [0.717, 1.165) is 12.8 Å². The van der Waals surface area contributed by atoms with Gasteiger partial charge in [0.25, 0.3) is 0 Å². The van der Waals surface area contributed by atoms with Crippen LogP contribution < -0.4 is 0 Å². The molecule has 0 amide bonds. The molecule has 0 unspecified atom stereocenters. The fourth-order valence-corrected chi connectivity index (χ4v) is 0.197. The first kappa shape index (κ1) is 10.7. The molecule has 0 N–H and O–H groups in total. The van der Waals surface area contributed by atoms with E-state index in [1.54, 1.807) is 6.29 Å². The van der Waals surface area contributed by atoms with E-state index in [-0.39, 0.29) is 32.7 Å². The van der Waals surface area contributed by atoms with Gasteiger partial charge in [-0.1, -0.05) is 0 Å². The molecular formula is C5H8OY-2. The van der Waals surface area contributed by atoms with Crippen LogP contribution in [0.15, 0.2) is 0 Å². The molecule has 0 heterocycles. The smallest absolute Gasteiger partial charge is 0 e. The maximum atomic E-state index is 9.41. The molecule has 0 aromatic carbocycles. The van der Waals surface area contributed by atoms with Crippen molar-refractivity contribution in [2.24, 2.45) is 0 Å². The monoisotopic (exact) mass is 173 g/mol. The van der Waals surface area contributed by atoms with E-state index in [1.165, 1.54) is 0 Å². The van der Waals surface area contributed by atoms with Crippen molar-refractivity contribution in [3.63, 3.8) is 0 Å². The summed E-state index contributed by atoms with van der Waals surface area (Å²) >= 11 is 0. The third-order valence-electron chi connectivity index (χ3n) is 0.529. The molecule has 0 aliphatic heterocycles. The van der Waals surface area contributed by atoms with Crippen molar-refractivity contribution in [2.75, 3.05) is 0 Å². The minimum absolute atomic E-state index is 0. The summed E-state index contributed by atoms with van der Waals surface area (Å²) in [5, 5.41) is 0. The average molecular weight is 173 g/mol. The van der Waals surface area contributed by atoms with Gasteiger partial charge in [-0.05, 0) is 0 Å². The van der Waals surface area contributed by atoms with Crippen LogP contribution in [-0.2, 0) is 37.5 Å². The summed E-state index contributed by atoms with van der Waals surface area (Å²) in [6, 6.07) is 0. The third kappa shape index (κ3) is 10.8. The van der Waals surface area contributed by atoms with Crippen molar-refractivity contribution in [3.8, 4) is 0 Å². The molecule has 0 bridgehead atoms. The molecule has 0 aliphatic rings. The molecule has 0 saturated heterocycles. The maximum absolute atomic E-state index is 9.41. The van der Waals surface area contributed by atoms with Gasteiger partial charge in [-0.15, -0.1) is 6.42 Å². The van der Waals surface area contributed by atoms with E-state index in [0.29, 0.717) is 6.42 Å². The Hall–Kier alpha value is 0.774. The summed E-state index contributed by atoms with van der Waals surface area (Å²) in [4.78, 5) is 9.41. The van der Waals surface area contributed by atoms with Gasteiger partial charge >= 0.3 is 0 Å². The second kappa shape index (κ2) is 9.91. The van der Waals surface area contributed by atoms with Gasteiger partial charge in [0.1, 0.15) is 0 Å². The normalized spacial score (nSPS) is 7.00. The Morgan fingerprint density at radius 3 is 2.29 bits per heavy atom. The molecule has 0 rings (SSSR count). The molecule has 39 valence electrons. The molecule has 0 aliphatic carbocycles. The van der Waals surface area contributed by atoms with E-state index >= 15 is 0 Å². The molecule has 0 atom stereocenters. The molecule has 0 spiro atoms. The van der Waals surface area contributed by atoms with Crippen LogP contribution >= 0.6 is 0 Å². The van der Waals surface area contributed by atoms with Crippen molar-refractivity contribution >= 4 is 6.29 Å². The van der Waals surface area contributed by atoms with E-state index in [9.17, 15) is 4.79 Å². The van der Waals surface area contributed by atoms with Crippen LogP contribution in [0.5, 0.6) is 0 Å². The fourth-order valence-electron chi connectivity index (χ4n) is 0.197.